The number of thioether (sulfide) groups is 1. The van der Waals surface area contributed by atoms with Crippen molar-refractivity contribution in [3.63, 3.8) is 0 Å². The third-order valence-electron chi connectivity index (χ3n) is 3.69. The average Bonchev–Trinajstić information content (AvgIpc) is 2.82. The lowest BCUT2D eigenvalue weighted by Crippen LogP contribution is -2.47. The number of amides is 1. The van der Waals surface area contributed by atoms with Gasteiger partial charge >= 0.3 is 5.97 Å². The first-order chi connectivity index (χ1) is 11.8. The second kappa shape index (κ2) is 7.88. The third-order valence-corrected chi connectivity index (χ3v) is 5.02. The van der Waals surface area contributed by atoms with Crippen LogP contribution in [0.1, 0.15) is 19.4 Å². The number of nitrogens with zero attached hydrogens (tertiary/aromatic N) is 1. The number of ether oxygens (including phenoxy) is 2. The van der Waals surface area contributed by atoms with Gasteiger partial charge in [-0.05, 0) is 29.7 Å². The van der Waals surface area contributed by atoms with Gasteiger partial charge < -0.3 is 14.6 Å². The summed E-state index contributed by atoms with van der Waals surface area (Å²) in [6.07, 6.45) is 1.67. The highest BCUT2D eigenvalue weighted by Gasteiger charge is 2.41. The van der Waals surface area contributed by atoms with Gasteiger partial charge in [0.05, 0.1) is 19.1 Å². The summed E-state index contributed by atoms with van der Waals surface area (Å²) in [6, 6.07) is 4.27. The van der Waals surface area contributed by atoms with Crippen LogP contribution in [0.4, 0.5) is 0 Å². The lowest BCUT2D eigenvalue weighted by Gasteiger charge is -2.26. The normalized spacial score (nSPS) is 17.3. The average molecular weight is 381 g/mol. The summed E-state index contributed by atoms with van der Waals surface area (Å²) in [5, 5.41) is 9.43. The number of aliphatic carboxylic acids is 1. The van der Waals surface area contributed by atoms with E-state index in [9.17, 15) is 14.7 Å². The molecule has 1 aliphatic heterocycles. The minimum atomic E-state index is -1.07. The van der Waals surface area contributed by atoms with Gasteiger partial charge in [-0.15, -0.1) is 0 Å². The first-order valence-electron chi connectivity index (χ1n) is 7.52. The number of carbonyl (C=O) groups is 2. The summed E-state index contributed by atoms with van der Waals surface area (Å²) in [7, 11) is 3.07. The Bertz CT molecular complexity index is 745. The summed E-state index contributed by atoms with van der Waals surface area (Å²) < 4.78 is 10.7. The first kappa shape index (κ1) is 19.3. The maximum atomic E-state index is 12.7. The summed E-state index contributed by atoms with van der Waals surface area (Å²) in [4.78, 5) is 25.8. The maximum absolute atomic E-state index is 12.7. The van der Waals surface area contributed by atoms with Gasteiger partial charge in [0.15, 0.2) is 11.5 Å². The van der Waals surface area contributed by atoms with Crippen LogP contribution in [0.5, 0.6) is 11.5 Å². The van der Waals surface area contributed by atoms with E-state index in [4.69, 9.17) is 21.7 Å². The third kappa shape index (κ3) is 3.96. The molecule has 1 heterocycles. The van der Waals surface area contributed by atoms with E-state index in [-0.39, 0.29) is 10.2 Å². The number of carboxylic acid groups (broad SMARTS) is 1. The summed E-state index contributed by atoms with van der Waals surface area (Å²) in [5.41, 5.74) is 0.731. The molecule has 0 radical (unpaired) electrons. The molecule has 1 aliphatic rings. The highest BCUT2D eigenvalue weighted by atomic mass is 32.2. The lowest BCUT2D eigenvalue weighted by molar-refractivity contribution is -0.146. The molecule has 0 aliphatic carbocycles. The van der Waals surface area contributed by atoms with Crippen LogP contribution in [0.25, 0.3) is 6.08 Å². The summed E-state index contributed by atoms with van der Waals surface area (Å²) in [5.74, 6) is -0.611. The molecule has 25 heavy (non-hydrogen) atoms. The Morgan fingerprint density at radius 1 is 1.28 bits per heavy atom. The van der Waals surface area contributed by atoms with Crippen molar-refractivity contribution in [1.82, 2.24) is 4.90 Å². The second-order valence-corrected chi connectivity index (χ2v) is 7.37. The van der Waals surface area contributed by atoms with Gasteiger partial charge in [0.25, 0.3) is 5.91 Å². The fraction of sp³-hybridized carbons (Fsp3) is 0.353. The lowest BCUT2D eigenvalue weighted by atomic mass is 10.0. The topological polar surface area (TPSA) is 76.1 Å². The van der Waals surface area contributed by atoms with Gasteiger partial charge in [0.2, 0.25) is 0 Å². The quantitative estimate of drug-likeness (QED) is 0.599. The zero-order valence-electron chi connectivity index (χ0n) is 14.3. The second-order valence-electron chi connectivity index (χ2n) is 5.69. The first-order valence-corrected chi connectivity index (χ1v) is 8.74. The Balaban J connectivity index is 2.36. The van der Waals surface area contributed by atoms with Crippen LogP contribution in [-0.4, -0.2) is 46.5 Å². The smallest absolute Gasteiger partial charge is 0.327 e. The predicted octanol–water partition coefficient (Wildman–Crippen LogP) is 3.01. The van der Waals surface area contributed by atoms with Crippen molar-refractivity contribution in [3.8, 4) is 11.5 Å². The molecule has 1 aromatic rings. The summed E-state index contributed by atoms with van der Waals surface area (Å²) in [6.45, 7) is 3.49. The van der Waals surface area contributed by atoms with Crippen LogP contribution in [0, 0.1) is 5.92 Å². The zero-order chi connectivity index (χ0) is 18.7. The number of thiocarbonyl (C=S) groups is 1. The van der Waals surface area contributed by atoms with E-state index in [2.05, 4.69) is 0 Å². The largest absolute Gasteiger partial charge is 0.493 e. The number of methoxy groups -OCH3 is 2. The van der Waals surface area contributed by atoms with Crippen molar-refractivity contribution < 1.29 is 24.2 Å². The molecule has 8 heteroatoms. The van der Waals surface area contributed by atoms with E-state index in [1.54, 1.807) is 45.2 Å². The van der Waals surface area contributed by atoms with Crippen molar-refractivity contribution >= 4 is 46.3 Å². The number of hydrogen-bond acceptors (Lipinski definition) is 6. The number of benzene rings is 1. The molecule has 1 N–H and O–H groups in total. The molecule has 1 amide bonds. The molecule has 2 rings (SSSR count). The Morgan fingerprint density at radius 2 is 1.92 bits per heavy atom. The molecule has 1 atom stereocenters. The van der Waals surface area contributed by atoms with Crippen LogP contribution >= 0.6 is 24.0 Å². The minimum absolute atomic E-state index is 0.248. The number of rotatable bonds is 6. The molecule has 1 saturated heterocycles. The number of hydrogen-bond donors (Lipinski definition) is 1. The van der Waals surface area contributed by atoms with E-state index < -0.39 is 17.9 Å². The molecule has 0 aromatic heterocycles. The molecule has 1 fully saturated rings. The molecule has 0 spiro atoms. The SMILES string of the molecule is COc1ccc(/C=C2\SC(=S)N([C@H](C(=O)O)C(C)C)C2=O)cc1OC. The van der Waals surface area contributed by atoms with Gasteiger partial charge in [-0.3, -0.25) is 9.69 Å². The fourth-order valence-electron chi connectivity index (χ4n) is 2.51. The molecule has 0 bridgehead atoms. The molecule has 0 unspecified atom stereocenters. The fourth-order valence-corrected chi connectivity index (χ4v) is 3.84. The van der Waals surface area contributed by atoms with Crippen molar-refractivity contribution in [2.45, 2.75) is 19.9 Å². The molecule has 1 aromatic carbocycles. The Hall–Kier alpha value is -2.06. The van der Waals surface area contributed by atoms with E-state index in [1.807, 2.05) is 0 Å². The standard InChI is InChI=1S/C17H19NO5S2/c1-9(2)14(16(20)21)18-15(19)13(25-17(18)24)8-10-5-6-11(22-3)12(7-10)23-4/h5-9,14H,1-4H3,(H,20,21)/b13-8-/t14-/m0/s1. The van der Waals surface area contributed by atoms with Crippen LogP contribution in [0.3, 0.4) is 0 Å². The van der Waals surface area contributed by atoms with Gasteiger partial charge in [-0.1, -0.05) is 43.9 Å². The number of carbonyl (C=O) groups excluding carboxylic acids is 1. The summed E-state index contributed by atoms with van der Waals surface area (Å²) >= 11 is 6.33. The van der Waals surface area contributed by atoms with E-state index >= 15 is 0 Å². The van der Waals surface area contributed by atoms with Gasteiger partial charge in [-0.2, -0.15) is 0 Å². The van der Waals surface area contributed by atoms with Gasteiger partial charge in [-0.25, -0.2) is 4.79 Å². The number of carboxylic acids is 1. The Morgan fingerprint density at radius 3 is 2.44 bits per heavy atom. The van der Waals surface area contributed by atoms with Crippen LogP contribution < -0.4 is 9.47 Å². The Kier molecular flexibility index (Phi) is 6.07. The van der Waals surface area contributed by atoms with E-state index in [0.29, 0.717) is 16.4 Å². The van der Waals surface area contributed by atoms with Gasteiger partial charge in [0, 0.05) is 0 Å². The zero-order valence-corrected chi connectivity index (χ0v) is 15.9. The van der Waals surface area contributed by atoms with Crippen molar-refractivity contribution in [1.29, 1.82) is 0 Å². The minimum Gasteiger partial charge on any atom is -0.493 e. The molecule has 6 nitrogen and oxygen atoms in total. The van der Waals surface area contributed by atoms with E-state index in [0.717, 1.165) is 17.3 Å². The molecular weight excluding hydrogens is 362 g/mol. The van der Waals surface area contributed by atoms with Crippen molar-refractivity contribution in [2.24, 2.45) is 5.92 Å². The van der Waals surface area contributed by atoms with E-state index in [1.165, 1.54) is 12.0 Å². The van der Waals surface area contributed by atoms with Crippen molar-refractivity contribution in [2.75, 3.05) is 14.2 Å². The van der Waals surface area contributed by atoms with Gasteiger partial charge in [0.1, 0.15) is 10.4 Å². The Labute approximate surface area is 155 Å². The highest BCUT2D eigenvalue weighted by molar-refractivity contribution is 8.26. The van der Waals surface area contributed by atoms with Crippen LogP contribution in [0.15, 0.2) is 23.1 Å². The molecule has 134 valence electrons. The molecular formula is C17H19NO5S2. The van der Waals surface area contributed by atoms with Crippen LogP contribution in [0.2, 0.25) is 0 Å². The van der Waals surface area contributed by atoms with Crippen LogP contribution in [-0.2, 0) is 9.59 Å². The molecule has 0 saturated carbocycles. The monoisotopic (exact) mass is 381 g/mol. The van der Waals surface area contributed by atoms with Crippen molar-refractivity contribution in [3.05, 3.63) is 28.7 Å². The predicted molar refractivity (Wildman–Crippen MR) is 101 cm³/mol. The maximum Gasteiger partial charge on any atom is 0.327 e. The highest BCUT2D eigenvalue weighted by Crippen LogP contribution is 2.36.